The summed E-state index contributed by atoms with van der Waals surface area (Å²) in [5.41, 5.74) is 0.153. The third-order valence-electron chi connectivity index (χ3n) is 3.41. The van der Waals surface area contributed by atoms with Crippen molar-refractivity contribution in [1.29, 1.82) is 5.26 Å². The normalized spacial score (nSPS) is 19.7. The SMILES string of the molecule is COC(=O)[C@H]1CCCN(S(=O)(=O)c2ccc(C#N)nc2)C1. The van der Waals surface area contributed by atoms with Crippen LogP contribution in [0.15, 0.2) is 23.2 Å². The van der Waals surface area contributed by atoms with Gasteiger partial charge in [-0.2, -0.15) is 9.57 Å². The van der Waals surface area contributed by atoms with Crippen molar-refractivity contribution < 1.29 is 17.9 Å². The van der Waals surface area contributed by atoms with Crippen LogP contribution in [0.25, 0.3) is 0 Å². The first kappa shape index (κ1) is 15.4. The van der Waals surface area contributed by atoms with Gasteiger partial charge in [0.05, 0.1) is 13.0 Å². The van der Waals surface area contributed by atoms with Crippen LogP contribution < -0.4 is 0 Å². The minimum absolute atomic E-state index is 0.0204. The smallest absolute Gasteiger partial charge is 0.309 e. The Morgan fingerprint density at radius 3 is 2.86 bits per heavy atom. The fraction of sp³-hybridized carbons (Fsp3) is 0.462. The maximum Gasteiger partial charge on any atom is 0.309 e. The number of methoxy groups -OCH3 is 1. The summed E-state index contributed by atoms with van der Waals surface area (Å²) >= 11 is 0. The van der Waals surface area contributed by atoms with E-state index < -0.39 is 21.9 Å². The molecule has 0 amide bonds. The molecule has 21 heavy (non-hydrogen) atoms. The van der Waals surface area contributed by atoms with E-state index in [0.29, 0.717) is 19.4 Å². The summed E-state index contributed by atoms with van der Waals surface area (Å²) in [4.78, 5) is 15.4. The molecule has 1 saturated heterocycles. The molecule has 0 unspecified atom stereocenters. The Balaban J connectivity index is 2.22. The van der Waals surface area contributed by atoms with Gasteiger partial charge in [0, 0.05) is 19.3 Å². The van der Waals surface area contributed by atoms with E-state index in [1.165, 1.54) is 23.5 Å². The Hall–Kier alpha value is -1.98. The topological polar surface area (TPSA) is 100 Å². The van der Waals surface area contributed by atoms with Crippen LogP contribution in [0.5, 0.6) is 0 Å². The van der Waals surface area contributed by atoms with Crippen molar-refractivity contribution in [1.82, 2.24) is 9.29 Å². The van der Waals surface area contributed by atoms with Crippen LogP contribution in [0, 0.1) is 17.2 Å². The van der Waals surface area contributed by atoms with Gasteiger partial charge in [0.2, 0.25) is 10.0 Å². The zero-order valence-corrected chi connectivity index (χ0v) is 12.3. The van der Waals surface area contributed by atoms with Crippen LogP contribution in [-0.2, 0) is 19.6 Å². The predicted molar refractivity (Wildman–Crippen MR) is 72.5 cm³/mol. The summed E-state index contributed by atoms with van der Waals surface area (Å²) < 4.78 is 30.9. The van der Waals surface area contributed by atoms with Crippen LogP contribution in [0.3, 0.4) is 0 Å². The molecule has 2 heterocycles. The van der Waals surface area contributed by atoms with Crippen molar-refractivity contribution in [3.8, 4) is 6.07 Å². The highest BCUT2D eigenvalue weighted by atomic mass is 32.2. The zero-order chi connectivity index (χ0) is 15.5. The van der Waals surface area contributed by atoms with Crippen molar-refractivity contribution >= 4 is 16.0 Å². The van der Waals surface area contributed by atoms with Crippen LogP contribution in [-0.4, -0.2) is 43.9 Å². The molecule has 0 bridgehead atoms. The van der Waals surface area contributed by atoms with Gasteiger partial charge in [0.15, 0.2) is 0 Å². The molecule has 0 aromatic carbocycles. The van der Waals surface area contributed by atoms with Crippen LogP contribution in [0.4, 0.5) is 0 Å². The second-order valence-corrected chi connectivity index (χ2v) is 6.65. The summed E-state index contributed by atoms with van der Waals surface area (Å²) in [6.45, 7) is 0.463. The fourth-order valence-corrected chi connectivity index (χ4v) is 3.74. The monoisotopic (exact) mass is 309 g/mol. The van der Waals surface area contributed by atoms with Gasteiger partial charge in [-0.3, -0.25) is 4.79 Å². The summed E-state index contributed by atoms with van der Waals surface area (Å²) in [6.07, 6.45) is 2.38. The summed E-state index contributed by atoms with van der Waals surface area (Å²) in [5.74, 6) is -0.835. The van der Waals surface area contributed by atoms with Gasteiger partial charge in [-0.1, -0.05) is 0 Å². The standard InChI is InChI=1S/C13H15N3O4S/c1-20-13(17)10-3-2-6-16(9-10)21(18,19)12-5-4-11(7-14)15-8-12/h4-5,8,10H,2-3,6,9H2,1H3/t10-/m0/s1. The van der Waals surface area contributed by atoms with Gasteiger partial charge in [0.25, 0.3) is 0 Å². The lowest BCUT2D eigenvalue weighted by atomic mass is 10.0. The maximum atomic E-state index is 12.5. The van der Waals surface area contributed by atoms with Gasteiger partial charge in [-0.25, -0.2) is 13.4 Å². The molecule has 1 aliphatic rings. The fourth-order valence-electron chi connectivity index (χ4n) is 2.27. The van der Waals surface area contributed by atoms with E-state index in [2.05, 4.69) is 9.72 Å². The number of hydrogen-bond donors (Lipinski definition) is 0. The number of sulfonamides is 1. The maximum absolute atomic E-state index is 12.5. The summed E-state index contributed by atoms with van der Waals surface area (Å²) in [6, 6.07) is 4.54. The lowest BCUT2D eigenvalue weighted by molar-refractivity contribution is -0.146. The second-order valence-electron chi connectivity index (χ2n) is 4.72. The summed E-state index contributed by atoms with van der Waals surface area (Å²) in [5, 5.41) is 8.68. The van der Waals surface area contributed by atoms with E-state index in [9.17, 15) is 13.2 Å². The van der Waals surface area contributed by atoms with Crippen molar-refractivity contribution in [2.45, 2.75) is 17.7 Å². The number of esters is 1. The van der Waals surface area contributed by atoms with E-state index in [1.807, 2.05) is 6.07 Å². The summed E-state index contributed by atoms with van der Waals surface area (Å²) in [7, 11) is -2.42. The van der Waals surface area contributed by atoms with E-state index in [0.717, 1.165) is 6.20 Å². The number of ether oxygens (including phenoxy) is 1. The molecule has 0 radical (unpaired) electrons. The minimum Gasteiger partial charge on any atom is -0.469 e. The average molecular weight is 309 g/mol. The number of piperidine rings is 1. The van der Waals surface area contributed by atoms with Gasteiger partial charge in [-0.15, -0.1) is 0 Å². The van der Waals surface area contributed by atoms with Crippen molar-refractivity contribution in [2.75, 3.05) is 20.2 Å². The molecule has 1 atom stereocenters. The third kappa shape index (κ3) is 3.20. The first-order valence-corrected chi connectivity index (χ1v) is 7.87. The van der Waals surface area contributed by atoms with Gasteiger partial charge in [-0.05, 0) is 25.0 Å². The number of aromatic nitrogens is 1. The Morgan fingerprint density at radius 1 is 1.52 bits per heavy atom. The molecule has 1 aliphatic heterocycles. The predicted octanol–water partition coefficient (Wildman–Crippen LogP) is 0.527. The van der Waals surface area contributed by atoms with E-state index in [4.69, 9.17) is 5.26 Å². The first-order chi connectivity index (χ1) is 9.98. The quantitative estimate of drug-likeness (QED) is 0.755. The van der Waals surface area contributed by atoms with Gasteiger partial charge >= 0.3 is 5.97 Å². The number of pyridine rings is 1. The van der Waals surface area contributed by atoms with Crippen LogP contribution in [0.1, 0.15) is 18.5 Å². The first-order valence-electron chi connectivity index (χ1n) is 6.43. The molecular formula is C13H15N3O4S. The van der Waals surface area contributed by atoms with Crippen LogP contribution in [0.2, 0.25) is 0 Å². The molecule has 1 fully saturated rings. The number of nitriles is 1. The highest BCUT2D eigenvalue weighted by Crippen LogP contribution is 2.24. The number of carbonyl (C=O) groups is 1. The lowest BCUT2D eigenvalue weighted by Gasteiger charge is -2.30. The average Bonchev–Trinajstić information content (AvgIpc) is 2.54. The minimum atomic E-state index is -3.71. The largest absolute Gasteiger partial charge is 0.469 e. The molecule has 0 N–H and O–H groups in total. The highest BCUT2D eigenvalue weighted by molar-refractivity contribution is 7.89. The van der Waals surface area contributed by atoms with Crippen molar-refractivity contribution in [2.24, 2.45) is 5.92 Å². The van der Waals surface area contributed by atoms with Crippen molar-refractivity contribution in [3.05, 3.63) is 24.0 Å². The Morgan fingerprint density at radius 2 is 2.29 bits per heavy atom. The molecule has 0 aliphatic carbocycles. The molecular weight excluding hydrogens is 294 g/mol. The molecule has 8 heteroatoms. The molecule has 1 aromatic rings. The lowest BCUT2D eigenvalue weighted by Crippen LogP contribution is -2.42. The van der Waals surface area contributed by atoms with Crippen molar-refractivity contribution in [3.63, 3.8) is 0 Å². The number of rotatable bonds is 3. The molecule has 0 saturated carbocycles. The highest BCUT2D eigenvalue weighted by Gasteiger charge is 2.33. The third-order valence-corrected chi connectivity index (χ3v) is 5.26. The number of carbonyl (C=O) groups excluding carboxylic acids is 1. The molecule has 112 valence electrons. The van der Waals surface area contributed by atoms with Gasteiger partial charge in [0.1, 0.15) is 16.7 Å². The Kier molecular flexibility index (Phi) is 4.55. The zero-order valence-electron chi connectivity index (χ0n) is 11.5. The van der Waals surface area contributed by atoms with E-state index in [1.54, 1.807) is 0 Å². The molecule has 7 nitrogen and oxygen atoms in total. The Bertz CT molecular complexity index is 664. The van der Waals surface area contributed by atoms with Gasteiger partial charge < -0.3 is 4.74 Å². The number of hydrogen-bond acceptors (Lipinski definition) is 6. The number of nitrogens with zero attached hydrogens (tertiary/aromatic N) is 3. The van der Waals surface area contributed by atoms with Crippen LogP contribution >= 0.6 is 0 Å². The van der Waals surface area contributed by atoms with E-state index in [-0.39, 0.29) is 17.1 Å². The second kappa shape index (κ2) is 6.20. The molecule has 1 aromatic heterocycles. The Labute approximate surface area is 123 Å². The molecule has 2 rings (SSSR count). The van der Waals surface area contributed by atoms with E-state index >= 15 is 0 Å². The molecule has 0 spiro atoms.